The zero-order chi connectivity index (χ0) is 21.4. The lowest BCUT2D eigenvalue weighted by Gasteiger charge is -2.19. The first-order valence-electron chi connectivity index (χ1n) is 11.2. The summed E-state index contributed by atoms with van der Waals surface area (Å²) in [6, 6.07) is 7.05. The summed E-state index contributed by atoms with van der Waals surface area (Å²) in [6.45, 7) is 9.45. The Morgan fingerprint density at radius 1 is 1.23 bits per heavy atom. The lowest BCUT2D eigenvalue weighted by atomic mass is 10.00. The molecule has 1 fully saturated rings. The van der Waals surface area contributed by atoms with Crippen LogP contribution in [0.5, 0.6) is 0 Å². The Kier molecular flexibility index (Phi) is 5.83. The third-order valence-electron chi connectivity index (χ3n) is 6.26. The standard InChI is InChI=1S/C25H34N4O/c1-7-18(14-30-6)29-13-16(4)23-22(29)12-20(17-8-9-17)24(28-23)19-10-11-21(15(2)3)27-25(19)26-5/h10-13,15,17-18H,7-9,14H2,1-6H3,(H,26,27). The lowest BCUT2D eigenvalue weighted by Crippen LogP contribution is -2.13. The molecule has 3 heterocycles. The molecule has 0 spiro atoms. The highest BCUT2D eigenvalue weighted by atomic mass is 16.5. The highest BCUT2D eigenvalue weighted by Crippen LogP contribution is 2.46. The van der Waals surface area contributed by atoms with Gasteiger partial charge in [-0.25, -0.2) is 9.97 Å². The van der Waals surface area contributed by atoms with Gasteiger partial charge in [0.2, 0.25) is 0 Å². The molecule has 1 aliphatic carbocycles. The molecule has 0 aliphatic heterocycles. The largest absolute Gasteiger partial charge is 0.383 e. The van der Waals surface area contributed by atoms with Crippen molar-refractivity contribution in [3.05, 3.63) is 41.2 Å². The molecular formula is C25H34N4O. The van der Waals surface area contributed by atoms with E-state index in [1.54, 1.807) is 7.11 Å². The van der Waals surface area contributed by atoms with Gasteiger partial charge in [-0.2, -0.15) is 0 Å². The average molecular weight is 407 g/mol. The minimum atomic E-state index is 0.325. The van der Waals surface area contributed by atoms with E-state index in [-0.39, 0.29) is 0 Å². The van der Waals surface area contributed by atoms with Crippen LogP contribution in [-0.4, -0.2) is 35.3 Å². The van der Waals surface area contributed by atoms with E-state index in [9.17, 15) is 0 Å². The van der Waals surface area contributed by atoms with Gasteiger partial charge < -0.3 is 14.6 Å². The third-order valence-corrected chi connectivity index (χ3v) is 6.26. The van der Waals surface area contributed by atoms with Crippen LogP contribution in [0.3, 0.4) is 0 Å². The number of aryl methyl sites for hydroxylation is 1. The number of ether oxygens (including phenoxy) is 1. The van der Waals surface area contributed by atoms with Gasteiger partial charge in [-0.05, 0) is 67.3 Å². The van der Waals surface area contributed by atoms with Gasteiger partial charge in [0.05, 0.1) is 29.4 Å². The van der Waals surface area contributed by atoms with Gasteiger partial charge in [-0.1, -0.05) is 20.8 Å². The van der Waals surface area contributed by atoms with Crippen molar-refractivity contribution in [2.45, 2.75) is 64.8 Å². The Labute approximate surface area is 179 Å². The predicted molar refractivity (Wildman–Crippen MR) is 125 cm³/mol. The monoisotopic (exact) mass is 406 g/mol. The molecule has 0 bridgehead atoms. The van der Waals surface area contributed by atoms with Gasteiger partial charge in [0.15, 0.2) is 0 Å². The average Bonchev–Trinajstić information content (AvgIpc) is 3.55. The first-order chi connectivity index (χ1) is 14.5. The number of anilines is 1. The van der Waals surface area contributed by atoms with E-state index in [4.69, 9.17) is 14.7 Å². The van der Waals surface area contributed by atoms with Crippen LogP contribution in [0.25, 0.3) is 22.3 Å². The number of nitrogens with one attached hydrogen (secondary N) is 1. The van der Waals surface area contributed by atoms with Crippen LogP contribution in [-0.2, 0) is 4.74 Å². The molecule has 1 unspecified atom stereocenters. The number of fused-ring (bicyclic) bond motifs is 1. The quantitative estimate of drug-likeness (QED) is 0.495. The van der Waals surface area contributed by atoms with Crippen LogP contribution in [0.15, 0.2) is 24.4 Å². The Balaban J connectivity index is 1.91. The Morgan fingerprint density at radius 3 is 2.60 bits per heavy atom. The maximum Gasteiger partial charge on any atom is 0.135 e. The van der Waals surface area contributed by atoms with Crippen molar-refractivity contribution in [1.29, 1.82) is 0 Å². The molecule has 3 aromatic heterocycles. The number of methoxy groups -OCH3 is 1. The fourth-order valence-electron chi connectivity index (χ4n) is 4.33. The van der Waals surface area contributed by atoms with Gasteiger partial charge in [0.25, 0.3) is 0 Å². The van der Waals surface area contributed by atoms with E-state index in [1.807, 2.05) is 7.05 Å². The summed E-state index contributed by atoms with van der Waals surface area (Å²) in [4.78, 5) is 10.1. The summed E-state index contributed by atoms with van der Waals surface area (Å²) >= 11 is 0. The third kappa shape index (κ3) is 3.71. The molecule has 5 nitrogen and oxygen atoms in total. The molecule has 1 N–H and O–H groups in total. The zero-order valence-corrected chi connectivity index (χ0v) is 19.1. The maximum absolute atomic E-state index is 5.49. The fraction of sp³-hybridized carbons (Fsp3) is 0.520. The second-order valence-corrected chi connectivity index (χ2v) is 8.84. The summed E-state index contributed by atoms with van der Waals surface area (Å²) in [5.74, 6) is 1.91. The van der Waals surface area contributed by atoms with Crippen molar-refractivity contribution in [1.82, 2.24) is 14.5 Å². The van der Waals surface area contributed by atoms with Gasteiger partial charge in [-0.15, -0.1) is 0 Å². The van der Waals surface area contributed by atoms with E-state index in [0.717, 1.165) is 34.7 Å². The highest BCUT2D eigenvalue weighted by Gasteiger charge is 2.30. The topological polar surface area (TPSA) is 52.0 Å². The smallest absolute Gasteiger partial charge is 0.135 e. The van der Waals surface area contributed by atoms with E-state index >= 15 is 0 Å². The summed E-state index contributed by atoms with van der Waals surface area (Å²) in [7, 11) is 3.73. The number of rotatable bonds is 8. The number of nitrogens with zero attached hydrogens (tertiary/aromatic N) is 3. The molecule has 0 radical (unpaired) electrons. The Hall–Kier alpha value is -2.40. The summed E-state index contributed by atoms with van der Waals surface area (Å²) in [6.07, 6.45) is 5.75. The molecule has 160 valence electrons. The fourth-order valence-corrected chi connectivity index (χ4v) is 4.33. The van der Waals surface area contributed by atoms with Crippen LogP contribution in [0, 0.1) is 6.92 Å². The summed E-state index contributed by atoms with van der Waals surface area (Å²) in [5, 5.41) is 3.32. The Bertz CT molecular complexity index is 1050. The maximum atomic E-state index is 5.49. The van der Waals surface area contributed by atoms with Crippen molar-refractivity contribution < 1.29 is 4.74 Å². The highest BCUT2D eigenvalue weighted by molar-refractivity contribution is 5.87. The molecule has 0 saturated heterocycles. The number of hydrogen-bond donors (Lipinski definition) is 1. The lowest BCUT2D eigenvalue weighted by molar-refractivity contribution is 0.155. The van der Waals surface area contributed by atoms with Crippen LogP contribution < -0.4 is 5.32 Å². The van der Waals surface area contributed by atoms with Crippen molar-refractivity contribution in [2.75, 3.05) is 26.1 Å². The first kappa shape index (κ1) is 20.9. The summed E-state index contributed by atoms with van der Waals surface area (Å²) in [5.41, 5.74) is 8.15. The van der Waals surface area contributed by atoms with Crippen LogP contribution in [0.4, 0.5) is 5.82 Å². The van der Waals surface area contributed by atoms with E-state index in [1.165, 1.54) is 29.5 Å². The van der Waals surface area contributed by atoms with Crippen molar-refractivity contribution >= 4 is 16.9 Å². The number of pyridine rings is 2. The number of hydrogen-bond acceptors (Lipinski definition) is 4. The molecule has 3 aromatic rings. The molecule has 5 heteroatoms. The first-order valence-corrected chi connectivity index (χ1v) is 11.2. The van der Waals surface area contributed by atoms with Crippen LogP contribution >= 0.6 is 0 Å². The zero-order valence-electron chi connectivity index (χ0n) is 19.1. The molecule has 1 aliphatic rings. The van der Waals surface area contributed by atoms with Gasteiger partial charge >= 0.3 is 0 Å². The van der Waals surface area contributed by atoms with Gasteiger partial charge in [0.1, 0.15) is 5.82 Å². The second kappa shape index (κ2) is 8.38. The van der Waals surface area contributed by atoms with Crippen molar-refractivity contribution in [3.63, 3.8) is 0 Å². The van der Waals surface area contributed by atoms with Crippen molar-refractivity contribution in [3.8, 4) is 11.3 Å². The van der Waals surface area contributed by atoms with E-state index in [2.05, 4.69) is 62.0 Å². The predicted octanol–water partition coefficient (Wildman–Crippen LogP) is 6.05. The SMILES string of the molecule is CCC(COC)n1cc(C)c2nc(-c3ccc(C(C)C)nc3NC)c(C3CC3)cc21. The molecule has 4 rings (SSSR count). The summed E-state index contributed by atoms with van der Waals surface area (Å²) < 4.78 is 7.86. The van der Waals surface area contributed by atoms with E-state index in [0.29, 0.717) is 24.5 Å². The molecule has 30 heavy (non-hydrogen) atoms. The minimum absolute atomic E-state index is 0.325. The van der Waals surface area contributed by atoms with Crippen LogP contribution in [0.1, 0.15) is 74.7 Å². The number of aromatic nitrogens is 3. The molecule has 0 amide bonds. The molecule has 1 atom stereocenters. The van der Waals surface area contributed by atoms with Gasteiger partial charge in [-0.3, -0.25) is 0 Å². The normalized spacial score (nSPS) is 15.2. The molecule has 1 saturated carbocycles. The molecule has 0 aromatic carbocycles. The van der Waals surface area contributed by atoms with Crippen LogP contribution in [0.2, 0.25) is 0 Å². The van der Waals surface area contributed by atoms with Gasteiger partial charge in [0, 0.05) is 31.6 Å². The second-order valence-electron chi connectivity index (χ2n) is 8.84. The minimum Gasteiger partial charge on any atom is -0.383 e. The van der Waals surface area contributed by atoms with Crippen molar-refractivity contribution in [2.24, 2.45) is 0 Å². The molecular weight excluding hydrogens is 372 g/mol. The van der Waals surface area contributed by atoms with E-state index < -0.39 is 0 Å². The Morgan fingerprint density at radius 2 is 2.00 bits per heavy atom.